The van der Waals surface area contributed by atoms with Gasteiger partial charge in [0.25, 0.3) is 11.8 Å². The van der Waals surface area contributed by atoms with Crippen LogP contribution in [0.2, 0.25) is 0 Å². The molecule has 4 aromatic rings. The number of H-pyrrole nitrogens is 1. The van der Waals surface area contributed by atoms with Gasteiger partial charge in [0.1, 0.15) is 0 Å². The number of amides is 2. The fourth-order valence-electron chi connectivity index (χ4n) is 3.45. The van der Waals surface area contributed by atoms with E-state index in [0.717, 1.165) is 5.39 Å². The summed E-state index contributed by atoms with van der Waals surface area (Å²) in [7, 11) is 0. The number of hydrogen-bond donors (Lipinski definition) is 2. The van der Waals surface area contributed by atoms with E-state index in [4.69, 9.17) is 11.8 Å². The first-order chi connectivity index (χ1) is 12.7. The molecule has 5 rings (SSSR count). The molecule has 0 atom stereocenters. The highest BCUT2D eigenvalue weighted by Crippen LogP contribution is 2.33. The van der Waals surface area contributed by atoms with Gasteiger partial charge in [-0.25, -0.2) is 9.88 Å². The molecule has 1 aliphatic rings. The Labute approximate surface area is 152 Å². The highest BCUT2D eigenvalue weighted by atomic mass is 35.5. The molecule has 0 aliphatic carbocycles. The molecule has 126 valence electrons. The minimum Gasteiger partial charge on any atom is -0.323 e. The lowest BCUT2D eigenvalue weighted by molar-refractivity contribution is 0.0893. The number of hydrogen-bond acceptors (Lipinski definition) is 4. The zero-order chi connectivity index (χ0) is 17.8. The minimum atomic E-state index is -0.339. The van der Waals surface area contributed by atoms with Gasteiger partial charge < -0.3 is 4.98 Å². The second kappa shape index (κ2) is 5.31. The predicted octanol–water partition coefficient (Wildman–Crippen LogP) is 4.08. The molecule has 2 N–H and O–H groups in total. The number of carbonyl (C=O) groups excluding carboxylic acids is 2. The number of nitrogens with zero attached hydrogens (tertiary/aromatic N) is 2. The van der Waals surface area contributed by atoms with Crippen molar-refractivity contribution in [3.05, 3.63) is 65.7 Å². The Bertz CT molecular complexity index is 1180. The number of imide groups is 1. The molecular weight excluding hydrogens is 352 g/mol. The van der Waals surface area contributed by atoms with Crippen LogP contribution in [0, 0.1) is 0 Å². The van der Waals surface area contributed by atoms with E-state index in [-0.39, 0.29) is 11.8 Å². The first-order valence-corrected chi connectivity index (χ1v) is 8.32. The van der Waals surface area contributed by atoms with Gasteiger partial charge in [-0.3, -0.25) is 14.4 Å². The van der Waals surface area contributed by atoms with Crippen molar-refractivity contribution in [1.82, 2.24) is 9.97 Å². The SMILES string of the molecule is O=C1c2cccc3cccc(c23)C(=O)N1c1ccc2nc(NCl)[nH]c2c1. The van der Waals surface area contributed by atoms with Crippen LogP contribution in [0.1, 0.15) is 20.7 Å². The van der Waals surface area contributed by atoms with Gasteiger partial charge in [-0.15, -0.1) is 0 Å². The van der Waals surface area contributed by atoms with E-state index in [1.807, 2.05) is 24.3 Å². The molecule has 26 heavy (non-hydrogen) atoms. The Morgan fingerprint density at radius 2 is 1.65 bits per heavy atom. The molecule has 6 nitrogen and oxygen atoms in total. The molecule has 1 aromatic heterocycles. The van der Waals surface area contributed by atoms with Gasteiger partial charge in [-0.05, 0) is 35.7 Å². The zero-order valence-corrected chi connectivity index (χ0v) is 14.0. The topological polar surface area (TPSA) is 78.1 Å². The lowest BCUT2D eigenvalue weighted by atomic mass is 9.94. The summed E-state index contributed by atoms with van der Waals surface area (Å²) in [5, 5.41) is 1.58. The molecule has 2 amide bonds. The molecule has 0 fully saturated rings. The molecule has 0 saturated carbocycles. The van der Waals surface area contributed by atoms with E-state index in [1.165, 1.54) is 4.90 Å². The summed E-state index contributed by atoms with van der Waals surface area (Å²) in [4.78, 5) is 37.0. The average Bonchev–Trinajstić information content (AvgIpc) is 3.08. The number of aromatic nitrogens is 2. The third kappa shape index (κ3) is 1.96. The van der Waals surface area contributed by atoms with Crippen LogP contribution in [-0.2, 0) is 0 Å². The number of aromatic amines is 1. The van der Waals surface area contributed by atoms with Gasteiger partial charge in [0.2, 0.25) is 5.95 Å². The second-order valence-electron chi connectivity index (χ2n) is 6.04. The first kappa shape index (κ1) is 14.9. The summed E-state index contributed by atoms with van der Waals surface area (Å²) in [6.45, 7) is 0. The molecule has 0 radical (unpaired) electrons. The van der Waals surface area contributed by atoms with Crippen LogP contribution in [0.5, 0.6) is 0 Å². The van der Waals surface area contributed by atoms with Crippen molar-refractivity contribution in [3.8, 4) is 0 Å². The molecule has 0 unspecified atom stereocenters. The van der Waals surface area contributed by atoms with Gasteiger partial charge in [-0.2, -0.15) is 0 Å². The van der Waals surface area contributed by atoms with Gasteiger partial charge in [0.05, 0.1) is 16.7 Å². The summed E-state index contributed by atoms with van der Waals surface area (Å²) in [5.74, 6) is -0.284. The van der Waals surface area contributed by atoms with E-state index >= 15 is 0 Å². The molecule has 1 aliphatic heterocycles. The normalized spacial score (nSPS) is 13.7. The molecule has 7 heteroatoms. The van der Waals surface area contributed by atoms with Crippen LogP contribution < -0.4 is 9.74 Å². The number of carbonyl (C=O) groups is 2. The van der Waals surface area contributed by atoms with Crippen LogP contribution in [0.4, 0.5) is 11.6 Å². The Kier molecular flexibility index (Phi) is 3.05. The van der Waals surface area contributed by atoms with Gasteiger partial charge in [-0.1, -0.05) is 24.3 Å². The van der Waals surface area contributed by atoms with E-state index in [9.17, 15) is 9.59 Å². The molecule has 3 aromatic carbocycles. The van der Waals surface area contributed by atoms with E-state index in [0.29, 0.717) is 39.2 Å². The van der Waals surface area contributed by atoms with Crippen molar-refractivity contribution >= 4 is 57.0 Å². The third-order valence-electron chi connectivity index (χ3n) is 4.58. The lowest BCUT2D eigenvalue weighted by Crippen LogP contribution is -2.40. The van der Waals surface area contributed by atoms with Crippen molar-refractivity contribution in [2.45, 2.75) is 0 Å². The van der Waals surface area contributed by atoms with Crippen molar-refractivity contribution in [2.75, 3.05) is 9.74 Å². The van der Waals surface area contributed by atoms with Crippen molar-refractivity contribution in [3.63, 3.8) is 0 Å². The number of benzene rings is 3. The maximum absolute atomic E-state index is 13.1. The highest BCUT2D eigenvalue weighted by molar-refractivity contribution is 6.36. The van der Waals surface area contributed by atoms with Crippen LogP contribution >= 0.6 is 11.8 Å². The summed E-state index contributed by atoms with van der Waals surface area (Å²) in [5.41, 5.74) is 2.86. The summed E-state index contributed by atoms with van der Waals surface area (Å²) in [6, 6.07) is 16.1. The Hall–Kier alpha value is -3.38. The van der Waals surface area contributed by atoms with Crippen LogP contribution in [0.15, 0.2) is 54.6 Å². The molecule has 2 heterocycles. The Morgan fingerprint density at radius 1 is 0.962 bits per heavy atom. The second-order valence-corrected chi connectivity index (χ2v) is 6.23. The van der Waals surface area contributed by atoms with Crippen molar-refractivity contribution in [1.29, 1.82) is 0 Å². The molecule has 0 bridgehead atoms. The number of halogens is 1. The smallest absolute Gasteiger partial charge is 0.265 e. The largest absolute Gasteiger partial charge is 0.323 e. The quantitative estimate of drug-likeness (QED) is 0.416. The van der Waals surface area contributed by atoms with E-state index < -0.39 is 0 Å². The fraction of sp³-hybridized carbons (Fsp3) is 0. The summed E-state index contributed by atoms with van der Waals surface area (Å²) in [6.07, 6.45) is 0. The van der Waals surface area contributed by atoms with Crippen LogP contribution in [-0.4, -0.2) is 21.8 Å². The van der Waals surface area contributed by atoms with Gasteiger partial charge in [0, 0.05) is 28.3 Å². The van der Waals surface area contributed by atoms with E-state index in [1.54, 1.807) is 30.3 Å². The number of imidazole rings is 1. The number of fused-ring (bicyclic) bond motifs is 1. The number of anilines is 2. The standard InChI is InChI=1S/C19H11ClN4O2/c20-23-19-21-14-8-7-11(9-15(14)22-19)24-17(25)12-5-1-3-10-4-2-6-13(16(10)12)18(24)26/h1-9H,(H2,21,22,23). The predicted molar refractivity (Wildman–Crippen MR) is 101 cm³/mol. The van der Waals surface area contributed by atoms with Crippen molar-refractivity contribution in [2.24, 2.45) is 0 Å². The van der Waals surface area contributed by atoms with Crippen LogP contribution in [0.3, 0.4) is 0 Å². The van der Waals surface area contributed by atoms with Gasteiger partial charge in [0.15, 0.2) is 0 Å². The summed E-state index contributed by atoms with van der Waals surface area (Å²) < 4.78 is 0. The molecule has 0 saturated heterocycles. The number of nitrogens with one attached hydrogen (secondary N) is 2. The van der Waals surface area contributed by atoms with Crippen molar-refractivity contribution < 1.29 is 9.59 Å². The summed E-state index contributed by atoms with van der Waals surface area (Å²) >= 11 is 5.57. The molecule has 0 spiro atoms. The first-order valence-electron chi connectivity index (χ1n) is 7.94. The average molecular weight is 363 g/mol. The zero-order valence-electron chi connectivity index (χ0n) is 13.3. The monoisotopic (exact) mass is 362 g/mol. The van der Waals surface area contributed by atoms with E-state index in [2.05, 4.69) is 14.8 Å². The third-order valence-corrected chi connectivity index (χ3v) is 4.76. The van der Waals surface area contributed by atoms with Gasteiger partial charge >= 0.3 is 0 Å². The minimum absolute atomic E-state index is 0.339. The molecular formula is C19H11ClN4O2. The maximum atomic E-state index is 13.1. The fourth-order valence-corrected chi connectivity index (χ4v) is 3.54. The maximum Gasteiger partial charge on any atom is 0.265 e. The Morgan fingerprint density at radius 3 is 2.31 bits per heavy atom. The Balaban J connectivity index is 1.71. The van der Waals surface area contributed by atoms with Crippen LogP contribution in [0.25, 0.3) is 21.8 Å². The highest BCUT2D eigenvalue weighted by Gasteiger charge is 2.33. The lowest BCUT2D eigenvalue weighted by Gasteiger charge is -2.27. The number of rotatable bonds is 2.